The molecule has 0 unspecified atom stereocenters. The van der Waals surface area contributed by atoms with Gasteiger partial charge in [0, 0.05) is 19.1 Å². The minimum atomic E-state index is -3.58. The Balaban J connectivity index is 2.20. The normalized spacial score (nSPS) is 19.1. The van der Waals surface area contributed by atoms with E-state index in [1.165, 1.54) is 10.4 Å². The maximum atomic E-state index is 12.8. The van der Waals surface area contributed by atoms with Crippen molar-refractivity contribution in [2.24, 2.45) is 0 Å². The second-order valence-corrected chi connectivity index (χ2v) is 7.48. The molecule has 1 aromatic carbocycles. The standard InChI is InChI=1S/C16H22N2O4S/c1-4-16(19)17-13-6-5-9-18(11-13)23(20,21)14-7-8-15(22-3)12(2)10-14/h4,7-8,10,13H,1,5-6,9,11H2,2-3H3,(H,17,19)/t13-/m0/s1. The summed E-state index contributed by atoms with van der Waals surface area (Å²) in [5, 5.41) is 2.77. The summed E-state index contributed by atoms with van der Waals surface area (Å²) in [7, 11) is -2.03. The monoisotopic (exact) mass is 338 g/mol. The van der Waals surface area contributed by atoms with Gasteiger partial charge in [-0.05, 0) is 49.6 Å². The lowest BCUT2D eigenvalue weighted by molar-refractivity contribution is -0.117. The number of hydrogen-bond donors (Lipinski definition) is 1. The number of benzene rings is 1. The van der Waals surface area contributed by atoms with Gasteiger partial charge in [0.15, 0.2) is 0 Å². The lowest BCUT2D eigenvalue weighted by atomic mass is 10.1. The van der Waals surface area contributed by atoms with Gasteiger partial charge >= 0.3 is 0 Å². The molecule has 0 spiro atoms. The fourth-order valence-corrected chi connectivity index (χ4v) is 4.31. The number of sulfonamides is 1. The van der Waals surface area contributed by atoms with Crippen LogP contribution in [0.5, 0.6) is 5.75 Å². The third-order valence-corrected chi connectivity index (χ3v) is 5.78. The van der Waals surface area contributed by atoms with Crippen LogP contribution in [0, 0.1) is 6.92 Å². The molecule has 1 amide bonds. The minimum Gasteiger partial charge on any atom is -0.496 e. The topological polar surface area (TPSA) is 75.7 Å². The molecule has 0 bridgehead atoms. The fraction of sp³-hybridized carbons (Fsp3) is 0.438. The Morgan fingerprint density at radius 1 is 1.48 bits per heavy atom. The van der Waals surface area contributed by atoms with Gasteiger partial charge in [-0.1, -0.05) is 6.58 Å². The average molecular weight is 338 g/mol. The van der Waals surface area contributed by atoms with E-state index in [0.717, 1.165) is 12.0 Å². The first kappa shape index (κ1) is 17.5. The van der Waals surface area contributed by atoms with Crippen molar-refractivity contribution in [3.05, 3.63) is 36.4 Å². The summed E-state index contributed by atoms with van der Waals surface area (Å²) in [6, 6.07) is 4.62. The number of amides is 1. The number of piperidine rings is 1. The van der Waals surface area contributed by atoms with Crippen LogP contribution in [-0.2, 0) is 14.8 Å². The van der Waals surface area contributed by atoms with E-state index < -0.39 is 10.0 Å². The van der Waals surface area contributed by atoms with Crippen molar-refractivity contribution in [3.63, 3.8) is 0 Å². The number of hydrogen-bond acceptors (Lipinski definition) is 4. The number of carbonyl (C=O) groups is 1. The van der Waals surface area contributed by atoms with Crippen LogP contribution in [0.1, 0.15) is 18.4 Å². The van der Waals surface area contributed by atoms with Crippen LogP contribution in [-0.4, -0.2) is 44.9 Å². The lowest BCUT2D eigenvalue weighted by Crippen LogP contribution is -2.49. The third kappa shape index (κ3) is 3.92. The molecule has 1 heterocycles. The molecule has 7 heteroatoms. The molecule has 0 aliphatic carbocycles. The van der Waals surface area contributed by atoms with Gasteiger partial charge in [0.05, 0.1) is 12.0 Å². The van der Waals surface area contributed by atoms with E-state index in [9.17, 15) is 13.2 Å². The number of ether oxygens (including phenoxy) is 1. The highest BCUT2D eigenvalue weighted by atomic mass is 32.2. The van der Waals surface area contributed by atoms with E-state index in [2.05, 4.69) is 11.9 Å². The van der Waals surface area contributed by atoms with Crippen LogP contribution in [0.3, 0.4) is 0 Å². The summed E-state index contributed by atoms with van der Waals surface area (Å²) in [6.07, 6.45) is 2.66. The van der Waals surface area contributed by atoms with Crippen LogP contribution in [0.2, 0.25) is 0 Å². The highest BCUT2D eigenvalue weighted by Gasteiger charge is 2.30. The van der Waals surface area contributed by atoms with Crippen LogP contribution >= 0.6 is 0 Å². The quantitative estimate of drug-likeness (QED) is 0.825. The minimum absolute atomic E-state index is 0.191. The Bertz CT molecular complexity index is 700. The Morgan fingerprint density at radius 3 is 2.83 bits per heavy atom. The maximum absolute atomic E-state index is 12.8. The van der Waals surface area contributed by atoms with E-state index in [0.29, 0.717) is 18.7 Å². The molecular formula is C16H22N2O4S. The van der Waals surface area contributed by atoms with Crippen LogP contribution in [0.25, 0.3) is 0 Å². The van der Waals surface area contributed by atoms with Gasteiger partial charge in [-0.15, -0.1) is 0 Å². The Morgan fingerprint density at radius 2 is 2.22 bits per heavy atom. The molecule has 126 valence electrons. The smallest absolute Gasteiger partial charge is 0.243 e. The molecule has 1 saturated heterocycles. The zero-order valence-electron chi connectivity index (χ0n) is 13.4. The molecule has 6 nitrogen and oxygen atoms in total. The zero-order chi connectivity index (χ0) is 17.0. The van der Waals surface area contributed by atoms with Crippen molar-refractivity contribution in [1.82, 2.24) is 9.62 Å². The van der Waals surface area contributed by atoms with Gasteiger partial charge in [-0.25, -0.2) is 8.42 Å². The van der Waals surface area contributed by atoms with Crippen LogP contribution in [0.15, 0.2) is 35.7 Å². The fourth-order valence-electron chi connectivity index (χ4n) is 2.70. The molecule has 1 aliphatic rings. The summed E-state index contributed by atoms with van der Waals surface area (Å²) < 4.78 is 32.2. The highest BCUT2D eigenvalue weighted by Crippen LogP contribution is 2.25. The van der Waals surface area contributed by atoms with Crippen molar-refractivity contribution in [2.45, 2.75) is 30.7 Å². The first-order chi connectivity index (χ1) is 10.9. The molecule has 1 atom stereocenters. The van der Waals surface area contributed by atoms with Gasteiger partial charge in [-0.2, -0.15) is 4.31 Å². The number of aryl methyl sites for hydroxylation is 1. The first-order valence-corrected chi connectivity index (χ1v) is 8.90. The lowest BCUT2D eigenvalue weighted by Gasteiger charge is -2.32. The van der Waals surface area contributed by atoms with Gasteiger partial charge in [0.2, 0.25) is 15.9 Å². The molecule has 1 fully saturated rings. The van der Waals surface area contributed by atoms with E-state index >= 15 is 0 Å². The summed E-state index contributed by atoms with van der Waals surface area (Å²) in [5.41, 5.74) is 0.766. The largest absolute Gasteiger partial charge is 0.496 e. The third-order valence-electron chi connectivity index (χ3n) is 3.92. The summed E-state index contributed by atoms with van der Waals surface area (Å²) >= 11 is 0. The van der Waals surface area contributed by atoms with E-state index in [4.69, 9.17) is 4.74 Å². The zero-order valence-corrected chi connectivity index (χ0v) is 14.2. The first-order valence-electron chi connectivity index (χ1n) is 7.46. The average Bonchev–Trinajstić information content (AvgIpc) is 2.54. The van der Waals surface area contributed by atoms with Gasteiger partial charge < -0.3 is 10.1 Å². The molecule has 1 aromatic rings. The predicted molar refractivity (Wildman–Crippen MR) is 87.9 cm³/mol. The molecular weight excluding hydrogens is 316 g/mol. The Labute approximate surface area is 137 Å². The van der Waals surface area contributed by atoms with Crippen LogP contribution < -0.4 is 10.1 Å². The van der Waals surface area contributed by atoms with Crippen LogP contribution in [0.4, 0.5) is 0 Å². The van der Waals surface area contributed by atoms with Crippen molar-refractivity contribution >= 4 is 15.9 Å². The maximum Gasteiger partial charge on any atom is 0.243 e. The summed E-state index contributed by atoms with van der Waals surface area (Å²) in [4.78, 5) is 11.7. The van der Waals surface area contributed by atoms with E-state index in [1.54, 1.807) is 32.2 Å². The SMILES string of the molecule is C=CC(=O)N[C@H]1CCCN(S(=O)(=O)c2ccc(OC)c(C)c2)C1. The second-order valence-electron chi connectivity index (χ2n) is 5.55. The molecule has 0 aromatic heterocycles. The number of nitrogens with zero attached hydrogens (tertiary/aromatic N) is 1. The summed E-state index contributed by atoms with van der Waals surface area (Å²) in [6.45, 7) is 5.94. The second kappa shape index (κ2) is 7.14. The Hall–Kier alpha value is -1.86. The molecule has 1 aliphatic heterocycles. The molecule has 2 rings (SSSR count). The van der Waals surface area contributed by atoms with Crippen molar-refractivity contribution in [3.8, 4) is 5.75 Å². The number of nitrogens with one attached hydrogen (secondary N) is 1. The van der Waals surface area contributed by atoms with E-state index in [-0.39, 0.29) is 23.4 Å². The van der Waals surface area contributed by atoms with Gasteiger partial charge in [0.25, 0.3) is 0 Å². The van der Waals surface area contributed by atoms with Gasteiger partial charge in [-0.3, -0.25) is 4.79 Å². The number of methoxy groups -OCH3 is 1. The number of carbonyl (C=O) groups excluding carboxylic acids is 1. The predicted octanol–water partition coefficient (Wildman–Crippen LogP) is 1.46. The number of rotatable bonds is 5. The van der Waals surface area contributed by atoms with Crippen molar-refractivity contribution < 1.29 is 17.9 Å². The molecule has 23 heavy (non-hydrogen) atoms. The van der Waals surface area contributed by atoms with Crippen molar-refractivity contribution in [1.29, 1.82) is 0 Å². The molecule has 0 saturated carbocycles. The van der Waals surface area contributed by atoms with E-state index in [1.807, 2.05) is 0 Å². The summed E-state index contributed by atoms with van der Waals surface area (Å²) in [5.74, 6) is 0.369. The highest BCUT2D eigenvalue weighted by molar-refractivity contribution is 7.89. The van der Waals surface area contributed by atoms with Gasteiger partial charge in [0.1, 0.15) is 5.75 Å². The molecule has 1 N–H and O–H groups in total. The molecule has 0 radical (unpaired) electrons. The Kier molecular flexibility index (Phi) is 5.43. The van der Waals surface area contributed by atoms with Crippen molar-refractivity contribution in [2.75, 3.05) is 20.2 Å².